The normalized spacial score (nSPS) is 17.3. The van der Waals surface area contributed by atoms with Gasteiger partial charge in [-0.1, -0.05) is 58.6 Å². The number of benzene rings is 3. The number of carbonyl (C=O) groups excluding carboxylic acids is 1. The number of aliphatic imine (C=N–C) groups is 1. The van der Waals surface area contributed by atoms with Crippen LogP contribution >= 0.6 is 23.2 Å². The van der Waals surface area contributed by atoms with Crippen molar-refractivity contribution in [3.8, 4) is 5.75 Å². The summed E-state index contributed by atoms with van der Waals surface area (Å²) in [5.41, 5.74) is 16.0. The Hall–Kier alpha value is -3.83. The lowest BCUT2D eigenvalue weighted by molar-refractivity contribution is -0.130. The van der Waals surface area contributed by atoms with Crippen LogP contribution in [-0.4, -0.2) is 54.9 Å². The summed E-state index contributed by atoms with van der Waals surface area (Å²) in [6.07, 6.45) is 0.441. The van der Waals surface area contributed by atoms with E-state index in [-0.39, 0.29) is 31.6 Å². The van der Waals surface area contributed by atoms with Crippen molar-refractivity contribution in [2.45, 2.75) is 57.4 Å². The Labute approximate surface area is 278 Å². The van der Waals surface area contributed by atoms with Crippen molar-refractivity contribution in [3.05, 3.63) is 109 Å². The molecule has 4 rings (SSSR count). The molecule has 3 aromatic carbocycles. The number of amides is 1. The fourth-order valence-electron chi connectivity index (χ4n) is 4.99. The van der Waals surface area contributed by atoms with Gasteiger partial charge in [-0.2, -0.15) is 0 Å². The third-order valence-electron chi connectivity index (χ3n) is 7.26. The van der Waals surface area contributed by atoms with Crippen molar-refractivity contribution >= 4 is 35.0 Å². The summed E-state index contributed by atoms with van der Waals surface area (Å²) < 4.78 is 17.9. The number of carbonyl (C=O) groups is 1. The first-order valence-corrected chi connectivity index (χ1v) is 15.8. The van der Waals surface area contributed by atoms with Crippen molar-refractivity contribution in [3.63, 3.8) is 0 Å². The highest BCUT2D eigenvalue weighted by Gasteiger charge is 2.54. The SMILES string of the molecule is CC(C)OCCCNNC(=O)[C@@]1(Cc2ccccc2CN=[N+]=[N-])N=C(c2ccc(OCCCO)cc2)O[C@H]1c1ccc(Cl)cc1Cl. The monoisotopic (exact) mass is 668 g/mol. The van der Waals surface area contributed by atoms with Gasteiger partial charge in [0.05, 0.1) is 19.3 Å². The predicted octanol–water partition coefficient (Wildman–Crippen LogP) is 6.50. The van der Waals surface area contributed by atoms with Gasteiger partial charge in [0.1, 0.15) is 5.75 Å². The first-order chi connectivity index (χ1) is 22.3. The molecule has 13 heteroatoms. The van der Waals surface area contributed by atoms with E-state index in [0.717, 1.165) is 11.1 Å². The minimum absolute atomic E-state index is 0.0358. The average Bonchev–Trinajstić information content (AvgIpc) is 3.42. The topological polar surface area (TPSA) is 150 Å². The molecular weight excluding hydrogens is 631 g/mol. The molecule has 0 bridgehead atoms. The maximum absolute atomic E-state index is 14.4. The molecule has 0 fully saturated rings. The number of hydrogen-bond acceptors (Lipinski definition) is 8. The Morgan fingerprint density at radius 2 is 1.87 bits per heavy atom. The Morgan fingerprint density at radius 3 is 2.57 bits per heavy atom. The maximum atomic E-state index is 14.4. The number of hydrogen-bond donors (Lipinski definition) is 3. The van der Waals surface area contributed by atoms with E-state index in [9.17, 15) is 4.79 Å². The fraction of sp³-hybridized carbons (Fsp3) is 0.394. The van der Waals surface area contributed by atoms with E-state index >= 15 is 0 Å². The van der Waals surface area contributed by atoms with E-state index in [4.69, 9.17) is 53.0 Å². The Kier molecular flexibility index (Phi) is 13.1. The summed E-state index contributed by atoms with van der Waals surface area (Å²) in [4.78, 5) is 22.3. The Balaban J connectivity index is 1.76. The van der Waals surface area contributed by atoms with E-state index in [1.807, 2.05) is 38.1 Å². The molecular formula is C33H38Cl2N6O5. The van der Waals surface area contributed by atoms with Crippen LogP contribution in [0.2, 0.25) is 10.0 Å². The molecule has 3 N–H and O–H groups in total. The number of azide groups is 1. The minimum Gasteiger partial charge on any atom is -0.494 e. The van der Waals surface area contributed by atoms with Gasteiger partial charge >= 0.3 is 0 Å². The van der Waals surface area contributed by atoms with Crippen LogP contribution < -0.4 is 15.6 Å². The highest BCUT2D eigenvalue weighted by molar-refractivity contribution is 6.35. The number of nitrogens with zero attached hydrogens (tertiary/aromatic N) is 4. The number of aliphatic hydroxyl groups is 1. The van der Waals surface area contributed by atoms with Crippen LogP contribution in [0, 0.1) is 0 Å². The number of rotatable bonds is 17. The number of ether oxygens (including phenoxy) is 3. The molecule has 11 nitrogen and oxygen atoms in total. The second-order valence-electron chi connectivity index (χ2n) is 10.9. The van der Waals surface area contributed by atoms with Gasteiger partial charge in [-0.25, -0.2) is 10.4 Å². The van der Waals surface area contributed by atoms with E-state index in [0.29, 0.717) is 59.5 Å². The quantitative estimate of drug-likeness (QED) is 0.0491. The van der Waals surface area contributed by atoms with E-state index in [1.54, 1.807) is 42.5 Å². The lowest BCUT2D eigenvalue weighted by Gasteiger charge is -2.32. The zero-order valence-electron chi connectivity index (χ0n) is 25.8. The van der Waals surface area contributed by atoms with Gasteiger partial charge in [0, 0.05) is 58.7 Å². The van der Waals surface area contributed by atoms with Gasteiger partial charge in [0.15, 0.2) is 11.6 Å². The number of aliphatic hydroxyl groups excluding tert-OH is 1. The van der Waals surface area contributed by atoms with Crippen molar-refractivity contribution < 1.29 is 24.1 Å². The molecule has 0 saturated heterocycles. The van der Waals surface area contributed by atoms with Crippen LogP contribution in [0.15, 0.2) is 76.8 Å². The molecule has 1 aliphatic rings. The molecule has 1 aliphatic heterocycles. The second-order valence-corrected chi connectivity index (χ2v) is 11.8. The molecule has 0 saturated carbocycles. The molecule has 0 unspecified atom stereocenters. The second kappa shape index (κ2) is 17.2. The van der Waals surface area contributed by atoms with Gasteiger partial charge in [-0.15, -0.1) is 0 Å². The lowest BCUT2D eigenvalue weighted by Crippen LogP contribution is -2.54. The minimum atomic E-state index is -1.54. The predicted molar refractivity (Wildman–Crippen MR) is 178 cm³/mol. The van der Waals surface area contributed by atoms with Crippen LogP contribution in [0.5, 0.6) is 5.75 Å². The van der Waals surface area contributed by atoms with E-state index in [1.165, 1.54) is 0 Å². The average molecular weight is 670 g/mol. The first-order valence-electron chi connectivity index (χ1n) is 15.1. The molecule has 0 aliphatic carbocycles. The molecule has 0 radical (unpaired) electrons. The largest absolute Gasteiger partial charge is 0.494 e. The Bertz CT molecular complexity index is 1550. The molecule has 1 amide bonds. The summed E-state index contributed by atoms with van der Waals surface area (Å²) in [5, 5.41) is 13.6. The molecule has 244 valence electrons. The molecule has 0 aromatic heterocycles. The van der Waals surface area contributed by atoms with Crippen LogP contribution in [0.1, 0.15) is 55.0 Å². The number of nitrogens with one attached hydrogen (secondary N) is 2. The van der Waals surface area contributed by atoms with Crippen molar-refractivity contribution in [2.24, 2.45) is 10.1 Å². The van der Waals surface area contributed by atoms with E-state index < -0.39 is 17.6 Å². The smallest absolute Gasteiger partial charge is 0.266 e. The van der Waals surface area contributed by atoms with Gasteiger partial charge in [-0.3, -0.25) is 10.2 Å². The highest BCUT2D eigenvalue weighted by atomic mass is 35.5. The lowest BCUT2D eigenvalue weighted by atomic mass is 9.81. The zero-order chi connectivity index (χ0) is 32.9. The molecule has 0 spiro atoms. The molecule has 46 heavy (non-hydrogen) atoms. The third kappa shape index (κ3) is 9.13. The van der Waals surface area contributed by atoms with Crippen LogP contribution in [0.3, 0.4) is 0 Å². The molecule has 3 aromatic rings. The van der Waals surface area contributed by atoms with Crippen molar-refractivity contribution in [1.82, 2.24) is 10.9 Å². The molecule has 1 heterocycles. The van der Waals surface area contributed by atoms with Gasteiger partial charge in [0.25, 0.3) is 5.91 Å². The first kappa shape index (κ1) is 35.0. The van der Waals surface area contributed by atoms with Crippen LogP contribution in [0.25, 0.3) is 10.4 Å². The standard InChI is InChI=1S/C33H38Cl2N6O5/c1-22(2)44-17-5-15-37-40-32(43)33(20-24-7-3-4-8-25(24)21-38-41-36)30(28-14-11-26(34)19-29(28)35)46-31(39-33)23-9-12-27(13-10-23)45-18-6-16-42/h3-4,7-14,19,22,30,37,42H,5-6,15-18,20-21H2,1-2H3,(H,40,43)/t30-,33-/m0/s1. The number of hydrazine groups is 1. The summed E-state index contributed by atoms with van der Waals surface area (Å²) in [6.45, 7) is 5.44. The number of halogens is 2. The fourth-order valence-corrected chi connectivity index (χ4v) is 5.49. The third-order valence-corrected chi connectivity index (χ3v) is 7.82. The van der Waals surface area contributed by atoms with Gasteiger partial charge in [-0.05, 0) is 73.3 Å². The van der Waals surface area contributed by atoms with Gasteiger partial charge < -0.3 is 19.3 Å². The van der Waals surface area contributed by atoms with Crippen molar-refractivity contribution in [2.75, 3.05) is 26.4 Å². The summed E-state index contributed by atoms with van der Waals surface area (Å²) in [7, 11) is 0. The highest BCUT2D eigenvalue weighted by Crippen LogP contribution is 2.45. The maximum Gasteiger partial charge on any atom is 0.266 e. The van der Waals surface area contributed by atoms with Gasteiger partial charge in [0.2, 0.25) is 5.90 Å². The van der Waals surface area contributed by atoms with E-state index in [2.05, 4.69) is 20.9 Å². The Morgan fingerprint density at radius 1 is 1.11 bits per heavy atom. The summed E-state index contributed by atoms with van der Waals surface area (Å²) >= 11 is 13.0. The summed E-state index contributed by atoms with van der Waals surface area (Å²) in [6, 6.07) is 19.6. The van der Waals surface area contributed by atoms with Crippen LogP contribution in [-0.2, 0) is 27.2 Å². The zero-order valence-corrected chi connectivity index (χ0v) is 27.3. The van der Waals surface area contributed by atoms with Crippen LogP contribution in [0.4, 0.5) is 0 Å². The molecule has 2 atom stereocenters. The van der Waals surface area contributed by atoms with Crippen molar-refractivity contribution in [1.29, 1.82) is 0 Å². The summed E-state index contributed by atoms with van der Waals surface area (Å²) in [5.74, 6) is 0.423.